The van der Waals surface area contributed by atoms with Crippen LogP contribution in [0.4, 0.5) is 11.4 Å². The van der Waals surface area contributed by atoms with Gasteiger partial charge < -0.3 is 15.5 Å². The minimum Gasteiger partial charge on any atom is -0.362 e. The molecule has 2 amide bonds. The fourth-order valence-corrected chi connectivity index (χ4v) is 5.69. The first-order valence-corrected chi connectivity index (χ1v) is 13.1. The summed E-state index contributed by atoms with van der Waals surface area (Å²) >= 11 is 1.50. The summed E-state index contributed by atoms with van der Waals surface area (Å²) in [4.78, 5) is 33.8. The minimum atomic E-state index is -0.219. The normalized spacial score (nSPS) is 18.1. The van der Waals surface area contributed by atoms with Gasteiger partial charge in [0.2, 0.25) is 0 Å². The van der Waals surface area contributed by atoms with Crippen molar-refractivity contribution in [2.75, 3.05) is 16.8 Å². The molecule has 5 rings (SSSR count). The smallest absolute Gasteiger partial charge is 0.253 e. The summed E-state index contributed by atoms with van der Waals surface area (Å²) in [6, 6.07) is 14.8. The summed E-state index contributed by atoms with van der Waals surface area (Å²) in [5, 5.41) is 15.8. The number of hydrogen-bond donors (Lipinski definition) is 2. The number of aromatic nitrogens is 1. The molecule has 1 aliphatic carbocycles. The van der Waals surface area contributed by atoms with Crippen molar-refractivity contribution in [3.63, 3.8) is 0 Å². The Balaban J connectivity index is 1.33. The number of benzene rings is 2. The largest absolute Gasteiger partial charge is 0.362 e. The van der Waals surface area contributed by atoms with Crippen molar-refractivity contribution in [2.45, 2.75) is 32.9 Å². The zero-order chi connectivity index (χ0) is 25.9. The van der Waals surface area contributed by atoms with Crippen molar-refractivity contribution >= 4 is 34.5 Å². The van der Waals surface area contributed by atoms with Crippen molar-refractivity contribution in [2.24, 2.45) is 5.92 Å². The van der Waals surface area contributed by atoms with Gasteiger partial charge in [-0.15, -0.1) is 11.3 Å². The van der Waals surface area contributed by atoms with E-state index in [2.05, 4.69) is 46.5 Å². The van der Waals surface area contributed by atoms with Crippen LogP contribution >= 0.6 is 11.3 Å². The first kappa shape index (κ1) is 24.5. The van der Waals surface area contributed by atoms with Crippen molar-refractivity contribution in [1.29, 1.82) is 5.26 Å². The van der Waals surface area contributed by atoms with E-state index >= 15 is 0 Å². The van der Waals surface area contributed by atoms with E-state index in [0.717, 1.165) is 39.7 Å². The van der Waals surface area contributed by atoms with E-state index in [-0.39, 0.29) is 23.8 Å². The minimum absolute atomic E-state index is 0.0393. The van der Waals surface area contributed by atoms with E-state index in [1.807, 2.05) is 36.4 Å². The highest BCUT2D eigenvalue weighted by molar-refractivity contribution is 7.15. The van der Waals surface area contributed by atoms with Crippen molar-refractivity contribution in [1.82, 2.24) is 10.3 Å². The lowest BCUT2D eigenvalue weighted by atomic mass is 9.88. The summed E-state index contributed by atoms with van der Waals surface area (Å²) in [6.45, 7) is 5.40. The molecule has 2 aromatic carbocycles. The Kier molecular flexibility index (Phi) is 6.89. The Bertz CT molecular complexity index is 1450. The number of nitrogens with zero attached hydrogens (tertiary/aromatic N) is 3. The second-order valence-electron chi connectivity index (χ2n) is 9.19. The van der Waals surface area contributed by atoms with Crippen molar-refractivity contribution in [3.05, 3.63) is 88.5 Å². The van der Waals surface area contributed by atoms with Crippen LogP contribution in [0.5, 0.6) is 0 Å². The van der Waals surface area contributed by atoms with E-state index in [1.54, 1.807) is 24.4 Å². The number of hydrogen-bond acceptors (Lipinski definition) is 6. The van der Waals surface area contributed by atoms with Crippen molar-refractivity contribution < 1.29 is 9.59 Å². The standard InChI is InChI=1S/C29H27N5O2S/c1-3-13-34-25-12-11-21(14-24(25)33-28(36)23-6-4-5-18(2)26(23)34)27(35)31-16-22-17-32-29(37-22)20-9-7-19(15-30)8-10-20/h4-12,14,17-18,26H,3,13,16H2,1-2H3,(H,31,35)(H,33,36). The Morgan fingerprint density at radius 3 is 2.81 bits per heavy atom. The molecule has 1 aromatic heterocycles. The number of anilines is 2. The predicted octanol–water partition coefficient (Wildman–Crippen LogP) is 5.28. The first-order valence-electron chi connectivity index (χ1n) is 12.3. The number of rotatable bonds is 6. The van der Waals surface area contributed by atoms with Crippen LogP contribution in [0, 0.1) is 17.2 Å². The molecular formula is C29H27N5O2S. The van der Waals surface area contributed by atoms with Gasteiger partial charge in [0.25, 0.3) is 11.8 Å². The number of allylic oxidation sites excluding steroid dienone is 2. The molecule has 3 aromatic rings. The number of fused-ring (bicyclic) bond motifs is 2. The summed E-state index contributed by atoms with van der Waals surface area (Å²) in [7, 11) is 0. The van der Waals surface area contributed by atoms with Crippen LogP contribution in [0.3, 0.4) is 0 Å². The molecule has 0 spiro atoms. The van der Waals surface area contributed by atoms with Gasteiger partial charge in [-0.2, -0.15) is 5.26 Å². The molecule has 0 radical (unpaired) electrons. The van der Waals surface area contributed by atoms with E-state index in [9.17, 15) is 9.59 Å². The third kappa shape index (κ3) is 4.91. The van der Waals surface area contributed by atoms with Gasteiger partial charge in [0.15, 0.2) is 0 Å². The fourth-order valence-electron chi connectivity index (χ4n) is 4.84. The number of carbonyl (C=O) groups is 2. The third-order valence-electron chi connectivity index (χ3n) is 6.62. The van der Waals surface area contributed by atoms with E-state index in [1.165, 1.54) is 11.3 Å². The van der Waals surface area contributed by atoms with Gasteiger partial charge in [-0.3, -0.25) is 9.59 Å². The van der Waals surface area contributed by atoms with Crippen LogP contribution < -0.4 is 15.5 Å². The van der Waals surface area contributed by atoms with Gasteiger partial charge >= 0.3 is 0 Å². The highest BCUT2D eigenvalue weighted by Gasteiger charge is 2.36. The van der Waals surface area contributed by atoms with Gasteiger partial charge in [0.1, 0.15) is 5.01 Å². The summed E-state index contributed by atoms with van der Waals surface area (Å²) < 4.78 is 0. The van der Waals surface area contributed by atoms with Gasteiger partial charge in [-0.05, 0) is 42.7 Å². The van der Waals surface area contributed by atoms with Crippen LogP contribution in [-0.4, -0.2) is 29.4 Å². The van der Waals surface area contributed by atoms with Crippen molar-refractivity contribution in [3.8, 4) is 16.6 Å². The lowest BCUT2D eigenvalue weighted by Crippen LogP contribution is -2.43. The highest BCUT2D eigenvalue weighted by atomic mass is 32.1. The Morgan fingerprint density at radius 2 is 2.05 bits per heavy atom. The molecule has 0 saturated carbocycles. The average molecular weight is 510 g/mol. The predicted molar refractivity (Wildman–Crippen MR) is 146 cm³/mol. The Labute approximate surface area is 220 Å². The quantitative estimate of drug-likeness (QED) is 0.471. The summed E-state index contributed by atoms with van der Waals surface area (Å²) in [6.07, 6.45) is 8.66. The maximum atomic E-state index is 13.1. The molecule has 0 saturated heterocycles. The molecule has 2 unspecified atom stereocenters. The number of nitriles is 1. The summed E-state index contributed by atoms with van der Waals surface area (Å²) in [5.41, 5.74) is 4.33. The lowest BCUT2D eigenvalue weighted by molar-refractivity contribution is -0.113. The van der Waals surface area contributed by atoms with Crippen LogP contribution in [-0.2, 0) is 11.3 Å². The number of thiazole rings is 1. The number of carbonyl (C=O) groups excluding carboxylic acids is 2. The Morgan fingerprint density at radius 1 is 1.24 bits per heavy atom. The molecular weight excluding hydrogens is 482 g/mol. The van der Waals surface area contributed by atoms with E-state index in [0.29, 0.717) is 23.4 Å². The molecule has 2 aliphatic rings. The molecule has 186 valence electrons. The zero-order valence-electron chi connectivity index (χ0n) is 20.7. The topological polar surface area (TPSA) is 98.1 Å². The Hall–Kier alpha value is -4.22. The van der Waals surface area contributed by atoms with Gasteiger partial charge in [-0.25, -0.2) is 4.98 Å². The molecule has 37 heavy (non-hydrogen) atoms. The van der Waals surface area contributed by atoms with Crippen LogP contribution in [0.1, 0.15) is 41.1 Å². The SMILES string of the molecule is CCCN1c2ccc(C(=O)NCc3cnc(-c4ccc(C#N)cc4)s3)cc2NC(=O)C2=CC=CC(C)C21. The number of amides is 2. The highest BCUT2D eigenvalue weighted by Crippen LogP contribution is 2.38. The van der Waals surface area contributed by atoms with E-state index in [4.69, 9.17) is 5.26 Å². The monoisotopic (exact) mass is 509 g/mol. The van der Waals surface area contributed by atoms with E-state index < -0.39 is 0 Å². The molecule has 8 heteroatoms. The first-order chi connectivity index (χ1) is 18.0. The molecule has 0 fully saturated rings. The average Bonchev–Trinajstić information content (AvgIpc) is 3.35. The molecule has 0 bridgehead atoms. The van der Waals surface area contributed by atoms with Gasteiger partial charge in [0, 0.05) is 34.3 Å². The second kappa shape index (κ2) is 10.4. The third-order valence-corrected chi connectivity index (χ3v) is 7.67. The summed E-state index contributed by atoms with van der Waals surface area (Å²) in [5.74, 6) is -0.151. The van der Waals surface area contributed by atoms with Crippen LogP contribution in [0.25, 0.3) is 10.6 Å². The molecule has 2 atom stereocenters. The fraction of sp³-hybridized carbons (Fsp3) is 0.241. The molecule has 2 heterocycles. The van der Waals surface area contributed by atoms with Gasteiger partial charge in [-0.1, -0.05) is 44.2 Å². The van der Waals surface area contributed by atoms with Crippen LogP contribution in [0.15, 0.2) is 72.5 Å². The zero-order valence-corrected chi connectivity index (χ0v) is 21.5. The molecule has 7 nitrogen and oxygen atoms in total. The van der Waals surface area contributed by atoms with Crippen LogP contribution in [0.2, 0.25) is 0 Å². The lowest BCUT2D eigenvalue weighted by Gasteiger charge is -2.37. The number of nitrogens with one attached hydrogen (secondary N) is 2. The second-order valence-corrected chi connectivity index (χ2v) is 10.3. The molecule has 2 N–H and O–H groups in total. The molecule has 1 aliphatic heterocycles. The maximum absolute atomic E-state index is 13.1. The van der Waals surface area contributed by atoms with Gasteiger partial charge in [0.05, 0.1) is 35.6 Å². The maximum Gasteiger partial charge on any atom is 0.253 e.